The number of hydrogen-bond donors (Lipinski definition) is 1. The lowest BCUT2D eigenvalue weighted by Crippen LogP contribution is -2.19. The predicted molar refractivity (Wildman–Crippen MR) is 129 cm³/mol. The van der Waals surface area contributed by atoms with Crippen LogP contribution in [-0.4, -0.2) is 11.1 Å². The van der Waals surface area contributed by atoms with Crippen molar-refractivity contribution in [3.8, 4) is 11.3 Å². The van der Waals surface area contributed by atoms with E-state index < -0.39 is 0 Å². The van der Waals surface area contributed by atoms with Crippen molar-refractivity contribution in [2.75, 3.05) is 0 Å². The molecular weight excluding hydrogens is 451 g/mol. The highest BCUT2D eigenvalue weighted by Gasteiger charge is 2.24. The number of amidine groups is 1. The molecule has 1 N–H and O–H groups in total. The number of amides is 1. The molecule has 1 saturated heterocycles. The summed E-state index contributed by atoms with van der Waals surface area (Å²) in [6, 6.07) is 22.9. The number of carbonyl (C=O) groups is 1. The Labute approximate surface area is 192 Å². The molecule has 4 aromatic rings. The van der Waals surface area contributed by atoms with Gasteiger partial charge in [-0.2, -0.15) is 0 Å². The van der Waals surface area contributed by atoms with Gasteiger partial charge in [-0.05, 0) is 65.0 Å². The number of halogens is 2. The van der Waals surface area contributed by atoms with Crippen molar-refractivity contribution < 1.29 is 9.21 Å². The van der Waals surface area contributed by atoms with Gasteiger partial charge in [0.2, 0.25) is 0 Å². The predicted octanol–water partition coefficient (Wildman–Crippen LogP) is 7.30. The molecule has 0 radical (unpaired) electrons. The molecule has 1 aromatic heterocycles. The zero-order valence-electron chi connectivity index (χ0n) is 15.9. The van der Waals surface area contributed by atoms with Crippen molar-refractivity contribution in [1.29, 1.82) is 0 Å². The highest BCUT2D eigenvalue weighted by molar-refractivity contribution is 8.18. The fraction of sp³-hybridized carbons (Fsp3) is 0. The van der Waals surface area contributed by atoms with Gasteiger partial charge in [0.1, 0.15) is 11.5 Å². The van der Waals surface area contributed by atoms with Gasteiger partial charge in [-0.3, -0.25) is 4.79 Å². The number of thioether (sulfide) groups is 1. The van der Waals surface area contributed by atoms with Crippen molar-refractivity contribution >= 4 is 68.6 Å². The van der Waals surface area contributed by atoms with Crippen LogP contribution in [0.5, 0.6) is 0 Å². The summed E-state index contributed by atoms with van der Waals surface area (Å²) in [5.74, 6) is 0.988. The van der Waals surface area contributed by atoms with Crippen LogP contribution in [0.15, 0.2) is 87.1 Å². The third-order valence-corrected chi connectivity index (χ3v) is 6.37. The van der Waals surface area contributed by atoms with E-state index in [1.54, 1.807) is 24.3 Å². The Morgan fingerprint density at radius 1 is 0.903 bits per heavy atom. The third-order valence-electron chi connectivity index (χ3n) is 4.72. The molecular formula is C24H14Cl2N2O2S. The van der Waals surface area contributed by atoms with Crippen LogP contribution in [0.25, 0.3) is 28.2 Å². The topological polar surface area (TPSA) is 54.6 Å². The number of nitrogens with one attached hydrogen (secondary N) is 1. The highest BCUT2D eigenvalue weighted by atomic mass is 35.5. The Kier molecular flexibility index (Phi) is 5.32. The zero-order chi connectivity index (χ0) is 21.4. The Morgan fingerprint density at radius 3 is 2.58 bits per heavy atom. The summed E-state index contributed by atoms with van der Waals surface area (Å²) in [5, 5.41) is 6.51. The first-order chi connectivity index (χ1) is 15.0. The minimum Gasteiger partial charge on any atom is -0.457 e. The number of fused-ring (bicyclic) bond motifs is 1. The molecule has 0 spiro atoms. The average Bonchev–Trinajstić information content (AvgIpc) is 3.37. The van der Waals surface area contributed by atoms with Crippen molar-refractivity contribution in [2.45, 2.75) is 0 Å². The molecule has 31 heavy (non-hydrogen) atoms. The van der Waals surface area contributed by atoms with E-state index in [4.69, 9.17) is 27.6 Å². The molecule has 0 aliphatic carbocycles. The molecule has 1 fully saturated rings. The average molecular weight is 465 g/mol. The zero-order valence-corrected chi connectivity index (χ0v) is 18.3. The van der Waals surface area contributed by atoms with Crippen molar-refractivity contribution in [1.82, 2.24) is 5.32 Å². The van der Waals surface area contributed by atoms with Crippen LogP contribution in [0, 0.1) is 0 Å². The maximum Gasteiger partial charge on any atom is 0.264 e. The minimum absolute atomic E-state index is 0.211. The molecule has 0 saturated carbocycles. The summed E-state index contributed by atoms with van der Waals surface area (Å²) in [6.07, 6.45) is 1.70. The van der Waals surface area contributed by atoms with E-state index in [0.29, 0.717) is 31.6 Å². The summed E-state index contributed by atoms with van der Waals surface area (Å²) in [4.78, 5) is 17.5. The Bertz CT molecular complexity index is 1390. The van der Waals surface area contributed by atoms with E-state index >= 15 is 0 Å². The molecule has 1 aliphatic rings. The van der Waals surface area contributed by atoms with Crippen molar-refractivity contribution in [2.24, 2.45) is 4.99 Å². The fourth-order valence-corrected chi connectivity index (χ4v) is 4.33. The number of hydrogen-bond acceptors (Lipinski definition) is 4. The fourth-order valence-electron chi connectivity index (χ4n) is 3.21. The Hall–Kier alpha value is -2.99. The van der Waals surface area contributed by atoms with E-state index in [2.05, 4.69) is 16.4 Å². The van der Waals surface area contributed by atoms with Gasteiger partial charge in [-0.25, -0.2) is 4.99 Å². The Morgan fingerprint density at radius 2 is 1.74 bits per heavy atom. The van der Waals surface area contributed by atoms with Crippen LogP contribution in [0.2, 0.25) is 10.0 Å². The molecule has 5 rings (SSSR count). The molecule has 152 valence electrons. The van der Waals surface area contributed by atoms with Crippen LogP contribution in [-0.2, 0) is 4.79 Å². The number of aliphatic imine (C=N–C) groups is 1. The monoisotopic (exact) mass is 464 g/mol. The summed E-state index contributed by atoms with van der Waals surface area (Å²) in [6.45, 7) is 0. The molecule has 2 heterocycles. The molecule has 3 aromatic carbocycles. The molecule has 0 unspecified atom stereocenters. The second-order valence-corrected chi connectivity index (χ2v) is 8.69. The number of benzene rings is 3. The standard InChI is InChI=1S/C24H14Cl2N2O2S/c25-19-9-6-16(12-20(19)26)21-10-8-18(30-21)13-22-23(29)28-24(31-22)27-17-7-5-14-3-1-2-4-15(14)11-17/h1-13H,(H,27,28,29)/b22-13+. The first-order valence-electron chi connectivity index (χ1n) is 9.39. The molecule has 4 nitrogen and oxygen atoms in total. The lowest BCUT2D eigenvalue weighted by molar-refractivity contribution is -0.115. The van der Waals surface area contributed by atoms with Gasteiger partial charge in [0.05, 0.1) is 20.6 Å². The maximum atomic E-state index is 12.4. The van der Waals surface area contributed by atoms with Crippen LogP contribution >= 0.6 is 35.0 Å². The molecule has 0 atom stereocenters. The quantitative estimate of drug-likeness (QED) is 0.323. The molecule has 0 bridgehead atoms. The van der Waals surface area contributed by atoms with Gasteiger partial charge in [-0.1, -0.05) is 53.5 Å². The molecule has 1 aliphatic heterocycles. The van der Waals surface area contributed by atoms with Gasteiger partial charge >= 0.3 is 0 Å². The smallest absolute Gasteiger partial charge is 0.264 e. The second-order valence-electron chi connectivity index (χ2n) is 6.84. The molecule has 1 amide bonds. The summed E-state index contributed by atoms with van der Waals surface area (Å²) >= 11 is 13.3. The normalized spacial score (nSPS) is 16.4. The lowest BCUT2D eigenvalue weighted by Gasteiger charge is -2.00. The Balaban J connectivity index is 1.37. The van der Waals surface area contributed by atoms with Gasteiger partial charge in [0, 0.05) is 11.6 Å². The SMILES string of the molecule is O=C1NC(=Nc2ccc3ccccc3c2)S/C1=C/c1ccc(-c2ccc(Cl)c(Cl)c2)o1. The van der Waals surface area contributed by atoms with Crippen molar-refractivity contribution in [3.05, 3.63) is 93.5 Å². The number of furan rings is 1. The third kappa shape index (κ3) is 4.26. The minimum atomic E-state index is -0.211. The summed E-state index contributed by atoms with van der Waals surface area (Å²) < 4.78 is 5.87. The van der Waals surface area contributed by atoms with E-state index in [0.717, 1.165) is 22.0 Å². The number of carbonyl (C=O) groups excluding carboxylic acids is 1. The van der Waals surface area contributed by atoms with Gasteiger partial charge in [0.25, 0.3) is 5.91 Å². The largest absolute Gasteiger partial charge is 0.457 e. The van der Waals surface area contributed by atoms with E-state index in [1.807, 2.05) is 48.5 Å². The van der Waals surface area contributed by atoms with Crippen LogP contribution in [0.4, 0.5) is 5.69 Å². The van der Waals surface area contributed by atoms with Crippen LogP contribution < -0.4 is 5.32 Å². The molecule has 7 heteroatoms. The second kappa shape index (κ2) is 8.27. The van der Waals surface area contributed by atoms with Gasteiger partial charge in [0.15, 0.2) is 5.17 Å². The maximum absolute atomic E-state index is 12.4. The number of rotatable bonds is 3. The van der Waals surface area contributed by atoms with Gasteiger partial charge in [-0.15, -0.1) is 0 Å². The van der Waals surface area contributed by atoms with E-state index in [9.17, 15) is 4.79 Å². The van der Waals surface area contributed by atoms with Gasteiger partial charge < -0.3 is 9.73 Å². The van der Waals surface area contributed by atoms with E-state index in [1.165, 1.54) is 11.8 Å². The van der Waals surface area contributed by atoms with Crippen LogP contribution in [0.1, 0.15) is 5.76 Å². The van der Waals surface area contributed by atoms with Crippen molar-refractivity contribution in [3.63, 3.8) is 0 Å². The summed E-state index contributed by atoms with van der Waals surface area (Å²) in [7, 11) is 0. The van der Waals surface area contributed by atoms with Crippen LogP contribution in [0.3, 0.4) is 0 Å². The number of nitrogens with zero attached hydrogens (tertiary/aromatic N) is 1. The first kappa shape index (κ1) is 19.9. The highest BCUT2D eigenvalue weighted by Crippen LogP contribution is 2.32. The summed E-state index contributed by atoms with van der Waals surface area (Å²) in [5.41, 5.74) is 1.59. The van der Waals surface area contributed by atoms with E-state index in [-0.39, 0.29) is 5.91 Å². The lowest BCUT2D eigenvalue weighted by atomic mass is 10.1. The first-order valence-corrected chi connectivity index (χ1v) is 11.0.